The van der Waals surface area contributed by atoms with Gasteiger partial charge in [-0.25, -0.2) is 0 Å². The van der Waals surface area contributed by atoms with Gasteiger partial charge in [0.25, 0.3) is 0 Å². The van der Waals surface area contributed by atoms with Crippen molar-refractivity contribution in [3.05, 3.63) is 0 Å². The molecule has 0 aromatic rings. The molecule has 0 aromatic carbocycles. The van der Waals surface area contributed by atoms with Gasteiger partial charge in [0.2, 0.25) is 0 Å². The SMILES string of the molecule is CCCCCCCCCCCCCCC1OC1OCCC. The van der Waals surface area contributed by atoms with Gasteiger partial charge in [0.05, 0.1) is 0 Å². The van der Waals surface area contributed by atoms with Crippen molar-refractivity contribution in [2.24, 2.45) is 0 Å². The summed E-state index contributed by atoms with van der Waals surface area (Å²) >= 11 is 0. The van der Waals surface area contributed by atoms with E-state index >= 15 is 0 Å². The Balaban J connectivity index is 1.68. The molecule has 2 atom stereocenters. The highest BCUT2D eigenvalue weighted by Gasteiger charge is 2.38. The third kappa shape index (κ3) is 11.2. The molecule has 1 aliphatic rings. The minimum atomic E-state index is 0.137. The highest BCUT2D eigenvalue weighted by atomic mass is 16.8. The van der Waals surface area contributed by atoms with Crippen LogP contribution in [0.3, 0.4) is 0 Å². The van der Waals surface area contributed by atoms with Crippen LogP contribution in [0.4, 0.5) is 0 Å². The highest BCUT2D eigenvalue weighted by Crippen LogP contribution is 2.28. The molecule has 0 aliphatic carbocycles. The fourth-order valence-corrected chi connectivity index (χ4v) is 2.90. The summed E-state index contributed by atoms with van der Waals surface area (Å²) in [5.41, 5.74) is 0. The van der Waals surface area contributed by atoms with Crippen LogP contribution in [0.1, 0.15) is 104 Å². The summed E-state index contributed by atoms with van der Waals surface area (Å²) in [6.07, 6.45) is 19.8. The second kappa shape index (κ2) is 13.6. The summed E-state index contributed by atoms with van der Waals surface area (Å²) in [7, 11) is 0. The van der Waals surface area contributed by atoms with Crippen LogP contribution in [-0.4, -0.2) is 19.0 Å². The van der Waals surface area contributed by atoms with Crippen LogP contribution in [0.25, 0.3) is 0 Å². The number of hydrogen-bond acceptors (Lipinski definition) is 2. The maximum atomic E-state index is 5.55. The molecule has 1 aliphatic heterocycles. The normalized spacial score (nSPS) is 20.9. The van der Waals surface area contributed by atoms with Crippen molar-refractivity contribution in [2.45, 2.75) is 116 Å². The maximum absolute atomic E-state index is 5.55. The molecule has 2 heteroatoms. The van der Waals surface area contributed by atoms with Crippen molar-refractivity contribution in [3.8, 4) is 0 Å². The Morgan fingerprint density at radius 3 is 1.71 bits per heavy atom. The second-order valence-electron chi connectivity index (χ2n) is 6.59. The van der Waals surface area contributed by atoms with Gasteiger partial charge in [-0.1, -0.05) is 90.9 Å². The Labute approximate surface area is 133 Å². The molecule has 0 N–H and O–H groups in total. The molecule has 0 saturated carbocycles. The minimum absolute atomic E-state index is 0.137. The Hall–Kier alpha value is -0.0800. The number of ether oxygens (including phenoxy) is 2. The van der Waals surface area contributed by atoms with Gasteiger partial charge >= 0.3 is 0 Å². The molecule has 2 unspecified atom stereocenters. The van der Waals surface area contributed by atoms with E-state index in [1.165, 1.54) is 83.5 Å². The minimum Gasteiger partial charge on any atom is -0.350 e. The molecule has 0 aromatic heterocycles. The average Bonchev–Trinajstić information content (AvgIpc) is 3.24. The first kappa shape index (κ1) is 19.0. The fourth-order valence-electron chi connectivity index (χ4n) is 2.90. The topological polar surface area (TPSA) is 21.8 Å². The highest BCUT2D eigenvalue weighted by molar-refractivity contribution is 4.76. The van der Waals surface area contributed by atoms with E-state index in [0.29, 0.717) is 6.10 Å². The van der Waals surface area contributed by atoms with E-state index in [1.54, 1.807) is 0 Å². The van der Waals surface area contributed by atoms with Gasteiger partial charge < -0.3 is 9.47 Å². The quantitative estimate of drug-likeness (QED) is 0.249. The summed E-state index contributed by atoms with van der Waals surface area (Å²) in [6.45, 7) is 5.27. The van der Waals surface area contributed by atoms with Gasteiger partial charge in [0.1, 0.15) is 6.10 Å². The Morgan fingerprint density at radius 1 is 0.667 bits per heavy atom. The molecule has 1 rings (SSSR count). The molecule has 0 radical (unpaired) electrons. The largest absolute Gasteiger partial charge is 0.350 e. The van der Waals surface area contributed by atoms with Gasteiger partial charge in [-0.05, 0) is 12.8 Å². The van der Waals surface area contributed by atoms with Gasteiger partial charge in [-0.3, -0.25) is 0 Å². The maximum Gasteiger partial charge on any atom is 0.184 e. The Kier molecular flexibility index (Phi) is 12.3. The monoisotopic (exact) mass is 298 g/mol. The van der Waals surface area contributed by atoms with Crippen molar-refractivity contribution in [3.63, 3.8) is 0 Å². The fraction of sp³-hybridized carbons (Fsp3) is 1.00. The van der Waals surface area contributed by atoms with E-state index in [2.05, 4.69) is 13.8 Å². The predicted molar refractivity (Wildman–Crippen MR) is 90.6 cm³/mol. The molecular weight excluding hydrogens is 260 g/mol. The molecule has 0 bridgehead atoms. The molecule has 0 amide bonds. The number of hydrogen-bond donors (Lipinski definition) is 0. The van der Waals surface area contributed by atoms with E-state index in [1.807, 2.05) is 0 Å². The van der Waals surface area contributed by atoms with Crippen LogP contribution >= 0.6 is 0 Å². The van der Waals surface area contributed by atoms with E-state index in [9.17, 15) is 0 Å². The first-order valence-corrected chi connectivity index (χ1v) is 9.65. The van der Waals surface area contributed by atoms with Crippen molar-refractivity contribution in [2.75, 3.05) is 6.61 Å². The van der Waals surface area contributed by atoms with Crippen molar-refractivity contribution in [1.29, 1.82) is 0 Å². The van der Waals surface area contributed by atoms with Crippen LogP contribution in [0, 0.1) is 0 Å². The van der Waals surface area contributed by atoms with Crippen LogP contribution in [0.2, 0.25) is 0 Å². The van der Waals surface area contributed by atoms with Crippen LogP contribution < -0.4 is 0 Å². The number of rotatable bonds is 16. The first-order chi connectivity index (χ1) is 10.4. The molecular formula is C19H38O2. The zero-order chi connectivity index (χ0) is 15.2. The Morgan fingerprint density at radius 2 is 1.19 bits per heavy atom. The molecule has 21 heavy (non-hydrogen) atoms. The van der Waals surface area contributed by atoms with Crippen LogP contribution in [-0.2, 0) is 9.47 Å². The second-order valence-corrected chi connectivity index (χ2v) is 6.59. The lowest BCUT2D eigenvalue weighted by molar-refractivity contribution is 0.0507. The van der Waals surface area contributed by atoms with Gasteiger partial charge in [0, 0.05) is 6.61 Å². The van der Waals surface area contributed by atoms with E-state index in [-0.39, 0.29) is 6.29 Å². The van der Waals surface area contributed by atoms with Gasteiger partial charge in [-0.15, -0.1) is 0 Å². The van der Waals surface area contributed by atoms with Crippen LogP contribution in [0.15, 0.2) is 0 Å². The standard InChI is InChI=1S/C19H38O2/c1-3-5-6-7-8-9-10-11-12-13-14-15-16-18-19(21-18)20-17-4-2/h18-19H,3-17H2,1-2H3. The van der Waals surface area contributed by atoms with Crippen molar-refractivity contribution >= 4 is 0 Å². The number of unbranched alkanes of at least 4 members (excludes halogenated alkanes) is 11. The third-order valence-corrected chi connectivity index (χ3v) is 4.36. The van der Waals surface area contributed by atoms with Gasteiger partial charge in [-0.2, -0.15) is 0 Å². The molecule has 1 saturated heterocycles. The van der Waals surface area contributed by atoms with E-state index < -0.39 is 0 Å². The van der Waals surface area contributed by atoms with Crippen LogP contribution in [0.5, 0.6) is 0 Å². The molecule has 0 spiro atoms. The summed E-state index contributed by atoms with van der Waals surface area (Å²) in [5, 5.41) is 0. The van der Waals surface area contributed by atoms with E-state index in [4.69, 9.17) is 9.47 Å². The molecule has 1 fully saturated rings. The van der Waals surface area contributed by atoms with E-state index in [0.717, 1.165) is 13.0 Å². The summed E-state index contributed by atoms with van der Waals surface area (Å²) in [4.78, 5) is 0. The smallest absolute Gasteiger partial charge is 0.184 e. The third-order valence-electron chi connectivity index (χ3n) is 4.36. The average molecular weight is 299 g/mol. The molecule has 2 nitrogen and oxygen atoms in total. The first-order valence-electron chi connectivity index (χ1n) is 9.65. The summed E-state index contributed by atoms with van der Waals surface area (Å²) in [6, 6.07) is 0. The predicted octanol–water partition coefficient (Wildman–Crippen LogP) is 6.23. The zero-order valence-electron chi connectivity index (χ0n) is 14.6. The molecule has 1 heterocycles. The Bertz CT molecular complexity index is 218. The van der Waals surface area contributed by atoms with Gasteiger partial charge in [0.15, 0.2) is 6.29 Å². The summed E-state index contributed by atoms with van der Waals surface area (Å²) in [5.74, 6) is 0. The number of epoxide rings is 1. The lowest BCUT2D eigenvalue weighted by Crippen LogP contribution is -2.01. The molecule has 126 valence electrons. The van der Waals surface area contributed by atoms with Crippen molar-refractivity contribution in [1.82, 2.24) is 0 Å². The zero-order valence-corrected chi connectivity index (χ0v) is 14.6. The lowest BCUT2D eigenvalue weighted by Gasteiger charge is -2.02. The lowest BCUT2D eigenvalue weighted by atomic mass is 10.0. The summed E-state index contributed by atoms with van der Waals surface area (Å²) < 4.78 is 11.0. The van der Waals surface area contributed by atoms with Crippen molar-refractivity contribution < 1.29 is 9.47 Å².